The summed E-state index contributed by atoms with van der Waals surface area (Å²) in [4.78, 5) is 9.29. The van der Waals surface area contributed by atoms with Gasteiger partial charge in [0, 0.05) is 16.5 Å². The van der Waals surface area contributed by atoms with Crippen LogP contribution in [0.3, 0.4) is 0 Å². The lowest BCUT2D eigenvalue weighted by Gasteiger charge is -2.15. The summed E-state index contributed by atoms with van der Waals surface area (Å²) >= 11 is 6.43. The van der Waals surface area contributed by atoms with Crippen LogP contribution in [0, 0.1) is 0 Å². The molecule has 0 amide bonds. The summed E-state index contributed by atoms with van der Waals surface area (Å²) < 4.78 is 5.75. The number of aromatic amines is 1. The number of ether oxygens (including phenoxy) is 1. The van der Waals surface area contributed by atoms with Crippen LogP contribution < -0.4 is 10.5 Å². The molecule has 0 aliphatic carbocycles. The topological polar surface area (TPSA) is 89.7 Å². The molecule has 2 aromatic heterocycles. The van der Waals surface area contributed by atoms with Gasteiger partial charge in [0.15, 0.2) is 5.82 Å². The van der Waals surface area contributed by atoms with Gasteiger partial charge in [-0.15, -0.1) is 0 Å². The second-order valence-corrected chi connectivity index (χ2v) is 6.84. The molecular formula is C20H18ClN5O. The van der Waals surface area contributed by atoms with Gasteiger partial charge in [0.1, 0.15) is 5.69 Å². The van der Waals surface area contributed by atoms with Gasteiger partial charge in [-0.05, 0) is 26.0 Å². The zero-order valence-corrected chi connectivity index (χ0v) is 15.7. The number of rotatable bonds is 4. The van der Waals surface area contributed by atoms with Crippen molar-refractivity contribution in [2.45, 2.75) is 20.0 Å². The summed E-state index contributed by atoms with van der Waals surface area (Å²) in [7, 11) is 0. The number of fused-ring (bicyclic) bond motifs is 1. The van der Waals surface area contributed by atoms with E-state index in [1.165, 1.54) is 0 Å². The average Bonchev–Trinajstić information content (AvgIpc) is 3.13. The molecule has 3 N–H and O–H groups in total. The normalized spacial score (nSPS) is 11.3. The minimum absolute atomic E-state index is 0.0723. The Labute approximate surface area is 161 Å². The standard InChI is InChI=1S/C20H18ClN5O/c1-11(2)27-20-19(22)24-17(12-6-4-3-5-7-12)18(25-20)13-8-14-10-23-26-16(14)15(21)9-13/h3-11H,1-2H3,(H2,22,24)(H,23,26). The lowest BCUT2D eigenvalue weighted by Crippen LogP contribution is -2.11. The van der Waals surface area contributed by atoms with E-state index < -0.39 is 0 Å². The maximum Gasteiger partial charge on any atom is 0.258 e. The molecule has 0 saturated heterocycles. The zero-order chi connectivity index (χ0) is 19.0. The summed E-state index contributed by atoms with van der Waals surface area (Å²) in [6.45, 7) is 3.83. The molecule has 4 aromatic rings. The second-order valence-electron chi connectivity index (χ2n) is 6.44. The summed E-state index contributed by atoms with van der Waals surface area (Å²) in [5.74, 6) is 0.560. The number of nitrogens with two attached hydrogens (primary N) is 1. The van der Waals surface area contributed by atoms with Crippen LogP contribution in [0.25, 0.3) is 33.4 Å². The second kappa shape index (κ2) is 6.89. The first-order chi connectivity index (χ1) is 13.0. The van der Waals surface area contributed by atoms with E-state index in [0.29, 0.717) is 22.3 Å². The molecule has 136 valence electrons. The smallest absolute Gasteiger partial charge is 0.258 e. The van der Waals surface area contributed by atoms with Gasteiger partial charge in [0.2, 0.25) is 0 Å². The Hall–Kier alpha value is -3.12. The van der Waals surface area contributed by atoms with Gasteiger partial charge in [-0.1, -0.05) is 41.9 Å². The number of hydrogen-bond donors (Lipinski definition) is 2. The van der Waals surface area contributed by atoms with Crippen LogP contribution in [0.15, 0.2) is 48.7 Å². The quantitative estimate of drug-likeness (QED) is 0.536. The first-order valence-corrected chi connectivity index (χ1v) is 8.93. The molecule has 0 spiro atoms. The third-order valence-corrected chi connectivity index (χ3v) is 4.36. The number of aromatic nitrogens is 4. The first kappa shape index (κ1) is 17.3. The highest BCUT2D eigenvalue weighted by Gasteiger charge is 2.18. The van der Waals surface area contributed by atoms with E-state index in [1.54, 1.807) is 6.20 Å². The van der Waals surface area contributed by atoms with Gasteiger partial charge < -0.3 is 10.5 Å². The summed E-state index contributed by atoms with van der Waals surface area (Å²) in [6.07, 6.45) is 1.65. The van der Waals surface area contributed by atoms with E-state index in [-0.39, 0.29) is 11.9 Å². The van der Waals surface area contributed by atoms with Crippen molar-refractivity contribution in [3.8, 4) is 28.4 Å². The van der Waals surface area contributed by atoms with E-state index in [9.17, 15) is 0 Å². The van der Waals surface area contributed by atoms with Crippen molar-refractivity contribution in [3.05, 3.63) is 53.7 Å². The van der Waals surface area contributed by atoms with Crippen molar-refractivity contribution in [3.63, 3.8) is 0 Å². The van der Waals surface area contributed by atoms with Crippen LogP contribution in [-0.2, 0) is 0 Å². The molecule has 4 rings (SSSR count). The highest BCUT2D eigenvalue weighted by molar-refractivity contribution is 6.35. The number of hydrogen-bond acceptors (Lipinski definition) is 5. The Morgan fingerprint density at radius 1 is 1.04 bits per heavy atom. The van der Waals surface area contributed by atoms with Crippen molar-refractivity contribution in [2.75, 3.05) is 5.73 Å². The molecule has 0 fully saturated rings. The van der Waals surface area contributed by atoms with Crippen LogP contribution in [0.4, 0.5) is 5.82 Å². The van der Waals surface area contributed by atoms with Gasteiger partial charge in [-0.2, -0.15) is 5.10 Å². The Morgan fingerprint density at radius 3 is 2.52 bits per heavy atom. The molecule has 0 unspecified atom stereocenters. The zero-order valence-electron chi connectivity index (χ0n) is 14.9. The molecule has 0 radical (unpaired) electrons. The van der Waals surface area contributed by atoms with Crippen molar-refractivity contribution >= 4 is 28.3 Å². The Balaban J connectivity index is 1.97. The number of H-pyrrole nitrogens is 1. The predicted octanol–water partition coefficient (Wildman–Crippen LogP) is 4.71. The van der Waals surface area contributed by atoms with E-state index in [0.717, 1.165) is 22.0 Å². The number of benzene rings is 2. The summed E-state index contributed by atoms with van der Waals surface area (Å²) in [5.41, 5.74) is 9.94. The fraction of sp³-hybridized carbons (Fsp3) is 0.150. The Morgan fingerprint density at radius 2 is 1.78 bits per heavy atom. The monoisotopic (exact) mass is 379 g/mol. The molecule has 0 aliphatic heterocycles. The predicted molar refractivity (Wildman–Crippen MR) is 108 cm³/mol. The van der Waals surface area contributed by atoms with Crippen LogP contribution >= 0.6 is 11.6 Å². The average molecular weight is 380 g/mol. The third-order valence-electron chi connectivity index (χ3n) is 4.06. The third kappa shape index (κ3) is 3.31. The minimum atomic E-state index is -0.0723. The molecule has 27 heavy (non-hydrogen) atoms. The van der Waals surface area contributed by atoms with Crippen molar-refractivity contribution < 1.29 is 4.74 Å². The van der Waals surface area contributed by atoms with E-state index in [2.05, 4.69) is 15.2 Å². The lowest BCUT2D eigenvalue weighted by molar-refractivity contribution is 0.233. The number of nitrogen functional groups attached to an aromatic ring is 1. The van der Waals surface area contributed by atoms with Crippen molar-refractivity contribution in [2.24, 2.45) is 0 Å². The van der Waals surface area contributed by atoms with Crippen molar-refractivity contribution in [1.29, 1.82) is 0 Å². The first-order valence-electron chi connectivity index (χ1n) is 8.55. The highest BCUT2D eigenvalue weighted by Crippen LogP contribution is 2.36. The molecule has 6 nitrogen and oxygen atoms in total. The van der Waals surface area contributed by atoms with Crippen LogP contribution in [0.2, 0.25) is 5.02 Å². The summed E-state index contributed by atoms with van der Waals surface area (Å²) in [5, 5.41) is 8.40. The fourth-order valence-electron chi connectivity index (χ4n) is 2.89. The number of nitrogens with zero attached hydrogens (tertiary/aromatic N) is 3. The van der Waals surface area contributed by atoms with Crippen molar-refractivity contribution in [1.82, 2.24) is 20.2 Å². The van der Waals surface area contributed by atoms with Gasteiger partial charge in [0.05, 0.1) is 28.5 Å². The van der Waals surface area contributed by atoms with Gasteiger partial charge >= 0.3 is 0 Å². The van der Waals surface area contributed by atoms with Gasteiger partial charge in [-0.3, -0.25) is 5.10 Å². The van der Waals surface area contributed by atoms with Crippen LogP contribution in [0.1, 0.15) is 13.8 Å². The van der Waals surface area contributed by atoms with Crippen LogP contribution in [-0.4, -0.2) is 26.3 Å². The number of anilines is 1. The molecule has 0 atom stereocenters. The maximum atomic E-state index is 6.43. The molecule has 2 aromatic carbocycles. The highest BCUT2D eigenvalue weighted by atomic mass is 35.5. The number of halogens is 1. The molecule has 2 heterocycles. The Kier molecular flexibility index (Phi) is 4.41. The summed E-state index contributed by atoms with van der Waals surface area (Å²) in [6, 6.07) is 13.6. The van der Waals surface area contributed by atoms with E-state index in [1.807, 2.05) is 56.3 Å². The maximum absolute atomic E-state index is 6.43. The van der Waals surface area contributed by atoms with E-state index >= 15 is 0 Å². The fourth-order valence-corrected chi connectivity index (χ4v) is 3.16. The minimum Gasteiger partial charge on any atom is -0.472 e. The largest absolute Gasteiger partial charge is 0.472 e. The lowest BCUT2D eigenvalue weighted by atomic mass is 10.0. The SMILES string of the molecule is CC(C)Oc1nc(-c2cc(Cl)c3[nH]ncc3c2)c(-c2ccccc2)nc1N. The molecule has 0 aliphatic rings. The molecule has 0 bridgehead atoms. The van der Waals surface area contributed by atoms with E-state index in [4.69, 9.17) is 27.1 Å². The number of nitrogens with one attached hydrogen (secondary N) is 1. The molecule has 7 heteroatoms. The van der Waals surface area contributed by atoms with Crippen LogP contribution in [0.5, 0.6) is 5.88 Å². The van der Waals surface area contributed by atoms with Gasteiger partial charge in [-0.25, -0.2) is 9.97 Å². The Bertz CT molecular complexity index is 1110. The molecule has 0 saturated carbocycles. The molecular weight excluding hydrogens is 362 g/mol. The van der Waals surface area contributed by atoms with Gasteiger partial charge in [0.25, 0.3) is 5.88 Å².